The van der Waals surface area contributed by atoms with E-state index in [1.807, 2.05) is 15.6 Å². The molecule has 2 fully saturated rings. The third kappa shape index (κ3) is 3.47. The lowest BCUT2D eigenvalue weighted by molar-refractivity contribution is -0.137. The van der Waals surface area contributed by atoms with Crippen LogP contribution in [-0.4, -0.2) is 61.7 Å². The maximum absolute atomic E-state index is 13.1. The first kappa shape index (κ1) is 16.0. The molecule has 0 spiro atoms. The van der Waals surface area contributed by atoms with E-state index in [4.69, 9.17) is 0 Å². The molecule has 0 aromatic carbocycles. The van der Waals surface area contributed by atoms with Gasteiger partial charge in [0, 0.05) is 38.6 Å². The predicted molar refractivity (Wildman–Crippen MR) is 91.8 cm³/mol. The van der Waals surface area contributed by atoms with Crippen molar-refractivity contribution in [2.75, 3.05) is 31.1 Å². The van der Waals surface area contributed by atoms with E-state index in [2.05, 4.69) is 25.0 Å². The molecule has 2 aromatic heterocycles. The van der Waals surface area contributed by atoms with Crippen molar-refractivity contribution < 1.29 is 4.79 Å². The SMILES string of the molecule is O=C([C@H]1CCCN(c2ncccn2)C1)N1CCC[C@H](n2cncn2)C1. The molecule has 2 atom stereocenters. The van der Waals surface area contributed by atoms with E-state index in [9.17, 15) is 4.79 Å². The Balaban J connectivity index is 1.41. The lowest BCUT2D eigenvalue weighted by Crippen LogP contribution is -2.48. The molecule has 25 heavy (non-hydrogen) atoms. The third-order valence-corrected chi connectivity index (χ3v) is 5.12. The molecule has 2 aliphatic rings. The van der Waals surface area contributed by atoms with Gasteiger partial charge in [0.1, 0.15) is 12.7 Å². The Morgan fingerprint density at radius 2 is 1.92 bits per heavy atom. The molecule has 0 unspecified atom stereocenters. The molecule has 4 rings (SSSR count). The number of rotatable bonds is 3. The number of nitrogens with zero attached hydrogens (tertiary/aromatic N) is 7. The second-order valence-electron chi connectivity index (χ2n) is 6.79. The summed E-state index contributed by atoms with van der Waals surface area (Å²) in [5, 5.41) is 4.24. The summed E-state index contributed by atoms with van der Waals surface area (Å²) in [6, 6.07) is 2.05. The summed E-state index contributed by atoms with van der Waals surface area (Å²) in [4.78, 5) is 29.9. The van der Waals surface area contributed by atoms with E-state index >= 15 is 0 Å². The van der Waals surface area contributed by atoms with Crippen LogP contribution in [0, 0.1) is 5.92 Å². The van der Waals surface area contributed by atoms with Crippen molar-refractivity contribution >= 4 is 11.9 Å². The van der Waals surface area contributed by atoms with Gasteiger partial charge < -0.3 is 9.80 Å². The Morgan fingerprint density at radius 3 is 2.72 bits per heavy atom. The number of anilines is 1. The van der Waals surface area contributed by atoms with Gasteiger partial charge in [0.15, 0.2) is 0 Å². The fourth-order valence-electron chi connectivity index (χ4n) is 3.85. The van der Waals surface area contributed by atoms with Crippen LogP contribution in [0.5, 0.6) is 0 Å². The summed E-state index contributed by atoms with van der Waals surface area (Å²) in [7, 11) is 0. The molecule has 0 radical (unpaired) electrons. The molecule has 4 heterocycles. The number of hydrogen-bond donors (Lipinski definition) is 0. The normalized spacial score (nSPS) is 24.3. The molecule has 2 aliphatic heterocycles. The minimum Gasteiger partial charge on any atom is -0.340 e. The van der Waals surface area contributed by atoms with Gasteiger partial charge in [-0.05, 0) is 31.7 Å². The van der Waals surface area contributed by atoms with Gasteiger partial charge in [-0.3, -0.25) is 4.79 Å². The highest BCUT2D eigenvalue weighted by Gasteiger charge is 2.33. The van der Waals surface area contributed by atoms with Crippen molar-refractivity contribution in [2.24, 2.45) is 5.92 Å². The minimum absolute atomic E-state index is 0.0204. The molecule has 132 valence electrons. The quantitative estimate of drug-likeness (QED) is 0.833. The van der Waals surface area contributed by atoms with Crippen LogP contribution in [0.25, 0.3) is 0 Å². The zero-order valence-electron chi connectivity index (χ0n) is 14.2. The highest BCUT2D eigenvalue weighted by atomic mass is 16.2. The van der Waals surface area contributed by atoms with Crippen LogP contribution in [0.15, 0.2) is 31.1 Å². The predicted octanol–water partition coefficient (Wildman–Crippen LogP) is 1.15. The summed E-state index contributed by atoms with van der Waals surface area (Å²) in [5.74, 6) is 0.997. The molecule has 0 bridgehead atoms. The van der Waals surface area contributed by atoms with E-state index in [1.54, 1.807) is 25.0 Å². The largest absolute Gasteiger partial charge is 0.340 e. The van der Waals surface area contributed by atoms with Crippen molar-refractivity contribution in [3.05, 3.63) is 31.1 Å². The van der Waals surface area contributed by atoms with Crippen LogP contribution in [0.1, 0.15) is 31.7 Å². The van der Waals surface area contributed by atoms with Crippen LogP contribution in [-0.2, 0) is 4.79 Å². The molecule has 1 amide bonds. The molecule has 8 nitrogen and oxygen atoms in total. The molecular formula is C17H23N7O. The summed E-state index contributed by atoms with van der Waals surface area (Å²) in [6.07, 6.45) is 10.8. The van der Waals surface area contributed by atoms with Crippen LogP contribution in [0.4, 0.5) is 5.95 Å². The topological polar surface area (TPSA) is 80.0 Å². The number of carbonyl (C=O) groups excluding carboxylic acids is 1. The van der Waals surface area contributed by atoms with Crippen LogP contribution < -0.4 is 4.90 Å². The zero-order chi connectivity index (χ0) is 17.1. The van der Waals surface area contributed by atoms with Gasteiger partial charge in [-0.1, -0.05) is 0 Å². The number of amides is 1. The van der Waals surface area contributed by atoms with E-state index < -0.39 is 0 Å². The maximum atomic E-state index is 13.1. The van der Waals surface area contributed by atoms with Gasteiger partial charge in [-0.15, -0.1) is 0 Å². The Kier molecular flexibility index (Phi) is 4.58. The van der Waals surface area contributed by atoms with Crippen LogP contribution in [0.3, 0.4) is 0 Å². The standard InChI is InChI=1S/C17H23N7O/c25-16(22-8-2-5-15(11-22)24-13-18-12-21-24)14-4-1-9-23(10-14)17-19-6-3-7-20-17/h3,6-7,12-15H,1-2,4-5,8-11H2/t14-,15-/m0/s1. The zero-order valence-corrected chi connectivity index (χ0v) is 14.2. The lowest BCUT2D eigenvalue weighted by Gasteiger charge is -2.38. The highest BCUT2D eigenvalue weighted by molar-refractivity contribution is 5.79. The molecule has 0 N–H and O–H groups in total. The first-order valence-corrected chi connectivity index (χ1v) is 8.96. The van der Waals surface area contributed by atoms with E-state index in [0.717, 1.165) is 51.3 Å². The maximum Gasteiger partial charge on any atom is 0.227 e. The third-order valence-electron chi connectivity index (χ3n) is 5.12. The van der Waals surface area contributed by atoms with Gasteiger partial charge in [0.2, 0.25) is 11.9 Å². The number of aromatic nitrogens is 5. The van der Waals surface area contributed by atoms with Gasteiger partial charge >= 0.3 is 0 Å². The van der Waals surface area contributed by atoms with Gasteiger partial charge in [0.05, 0.1) is 12.0 Å². The van der Waals surface area contributed by atoms with E-state index in [0.29, 0.717) is 6.54 Å². The molecule has 2 aromatic rings. The van der Waals surface area contributed by atoms with E-state index in [1.165, 1.54) is 0 Å². The molecular weight excluding hydrogens is 318 g/mol. The summed E-state index contributed by atoms with van der Waals surface area (Å²) in [6.45, 7) is 3.17. The van der Waals surface area contributed by atoms with Crippen molar-refractivity contribution in [1.82, 2.24) is 29.6 Å². The Labute approximate surface area is 146 Å². The average molecular weight is 341 g/mol. The Hall–Kier alpha value is -2.51. The van der Waals surface area contributed by atoms with Gasteiger partial charge in [0.25, 0.3) is 0 Å². The van der Waals surface area contributed by atoms with Crippen LogP contribution >= 0.6 is 0 Å². The number of carbonyl (C=O) groups is 1. The number of piperidine rings is 2. The molecule has 0 saturated carbocycles. The van der Waals surface area contributed by atoms with Gasteiger partial charge in [-0.2, -0.15) is 5.10 Å². The molecule has 0 aliphatic carbocycles. The van der Waals surface area contributed by atoms with Gasteiger partial charge in [-0.25, -0.2) is 19.6 Å². The smallest absolute Gasteiger partial charge is 0.227 e. The van der Waals surface area contributed by atoms with Crippen LogP contribution in [0.2, 0.25) is 0 Å². The van der Waals surface area contributed by atoms with Crippen molar-refractivity contribution in [1.29, 1.82) is 0 Å². The van der Waals surface area contributed by atoms with Crippen molar-refractivity contribution in [2.45, 2.75) is 31.7 Å². The summed E-state index contributed by atoms with van der Waals surface area (Å²) in [5.41, 5.74) is 0. The fraction of sp³-hybridized carbons (Fsp3) is 0.588. The monoisotopic (exact) mass is 341 g/mol. The first-order chi connectivity index (χ1) is 12.3. The Morgan fingerprint density at radius 1 is 1.08 bits per heavy atom. The first-order valence-electron chi connectivity index (χ1n) is 8.96. The highest BCUT2D eigenvalue weighted by Crippen LogP contribution is 2.26. The number of likely N-dealkylation sites (tertiary alicyclic amines) is 1. The molecule has 8 heteroatoms. The van der Waals surface area contributed by atoms with E-state index in [-0.39, 0.29) is 17.9 Å². The summed E-state index contributed by atoms with van der Waals surface area (Å²) >= 11 is 0. The number of hydrogen-bond acceptors (Lipinski definition) is 6. The summed E-state index contributed by atoms with van der Waals surface area (Å²) < 4.78 is 1.88. The minimum atomic E-state index is 0.0204. The second kappa shape index (κ2) is 7.16. The molecule has 2 saturated heterocycles. The Bertz CT molecular complexity index is 690. The lowest BCUT2D eigenvalue weighted by atomic mass is 9.95. The van der Waals surface area contributed by atoms with Crippen molar-refractivity contribution in [3.63, 3.8) is 0 Å². The van der Waals surface area contributed by atoms with Crippen molar-refractivity contribution in [3.8, 4) is 0 Å². The second-order valence-corrected chi connectivity index (χ2v) is 6.79. The average Bonchev–Trinajstić information content (AvgIpc) is 3.23. The fourth-order valence-corrected chi connectivity index (χ4v) is 3.85.